The number of amides is 1. The molecule has 158 valence electrons. The van der Waals surface area contributed by atoms with Crippen LogP contribution in [0.3, 0.4) is 0 Å². The number of nitrogens with one attached hydrogen (secondary N) is 3. The smallest absolute Gasteiger partial charge is 0.408 e. The molecule has 0 saturated heterocycles. The number of ether oxygens (including phenoxy) is 2. The van der Waals surface area contributed by atoms with Crippen molar-refractivity contribution in [2.24, 2.45) is 4.99 Å². The third-order valence-corrected chi connectivity index (χ3v) is 3.72. The molecule has 28 heavy (non-hydrogen) atoms. The number of rotatable bonds is 8. The maximum atomic E-state index is 12.0. The van der Waals surface area contributed by atoms with Gasteiger partial charge >= 0.3 is 6.09 Å². The molecule has 7 heteroatoms. The lowest BCUT2D eigenvalue weighted by Crippen LogP contribution is -2.54. The lowest BCUT2D eigenvalue weighted by atomic mass is 10.1. The third kappa shape index (κ3) is 10.2. The van der Waals surface area contributed by atoms with Crippen molar-refractivity contribution < 1.29 is 14.3 Å². The highest BCUT2D eigenvalue weighted by Crippen LogP contribution is 2.09. The van der Waals surface area contributed by atoms with Gasteiger partial charge in [0.15, 0.2) is 5.96 Å². The van der Waals surface area contributed by atoms with E-state index in [1.807, 2.05) is 41.5 Å². The Morgan fingerprint density at radius 2 is 1.64 bits per heavy atom. The first-order chi connectivity index (χ1) is 13.0. The molecule has 0 aliphatic carbocycles. The number of hydrogen-bond acceptors (Lipinski definition) is 4. The van der Waals surface area contributed by atoms with Gasteiger partial charge in [-0.25, -0.2) is 4.79 Å². The van der Waals surface area contributed by atoms with Gasteiger partial charge in [-0.3, -0.25) is 4.99 Å². The molecule has 0 unspecified atom stereocenters. The van der Waals surface area contributed by atoms with Crippen LogP contribution in [0.15, 0.2) is 29.3 Å². The van der Waals surface area contributed by atoms with Gasteiger partial charge in [0.1, 0.15) is 5.60 Å². The fourth-order valence-electron chi connectivity index (χ4n) is 2.31. The molecule has 7 nitrogen and oxygen atoms in total. The van der Waals surface area contributed by atoms with Crippen molar-refractivity contribution in [2.45, 2.75) is 65.8 Å². The van der Waals surface area contributed by atoms with Crippen LogP contribution in [0.1, 0.15) is 52.7 Å². The predicted octanol–water partition coefficient (Wildman–Crippen LogP) is 3.19. The summed E-state index contributed by atoms with van der Waals surface area (Å²) in [5, 5.41) is 9.38. The zero-order valence-corrected chi connectivity index (χ0v) is 18.3. The highest BCUT2D eigenvalue weighted by molar-refractivity contribution is 5.79. The quantitative estimate of drug-likeness (QED) is 0.467. The number of aliphatic imine (C=N–C) groups is 1. The largest absolute Gasteiger partial charge is 0.444 e. The number of benzene rings is 1. The van der Waals surface area contributed by atoms with Crippen LogP contribution in [-0.4, -0.2) is 43.4 Å². The van der Waals surface area contributed by atoms with Crippen LogP contribution in [0.5, 0.6) is 0 Å². The summed E-state index contributed by atoms with van der Waals surface area (Å²) in [5.41, 5.74) is 1.28. The van der Waals surface area contributed by atoms with Gasteiger partial charge in [0.2, 0.25) is 0 Å². The Hall–Kier alpha value is -2.28. The molecule has 0 bridgehead atoms. The normalized spacial score (nSPS) is 12.5. The van der Waals surface area contributed by atoms with Gasteiger partial charge in [-0.2, -0.15) is 0 Å². The molecule has 0 fully saturated rings. The van der Waals surface area contributed by atoms with Crippen molar-refractivity contribution in [3.63, 3.8) is 0 Å². The zero-order chi connectivity index (χ0) is 21.2. The van der Waals surface area contributed by atoms with E-state index in [1.165, 1.54) is 0 Å². The van der Waals surface area contributed by atoms with E-state index < -0.39 is 17.2 Å². The second-order valence-corrected chi connectivity index (χ2v) is 8.24. The first-order valence-electron chi connectivity index (χ1n) is 9.66. The number of carbonyl (C=O) groups is 1. The molecule has 1 aromatic rings. The van der Waals surface area contributed by atoms with Crippen LogP contribution in [0.2, 0.25) is 0 Å². The molecule has 1 amide bonds. The van der Waals surface area contributed by atoms with E-state index in [-0.39, 0.29) is 0 Å². The van der Waals surface area contributed by atoms with Gasteiger partial charge in [0.25, 0.3) is 0 Å². The van der Waals surface area contributed by atoms with Gasteiger partial charge in [0, 0.05) is 26.7 Å². The van der Waals surface area contributed by atoms with Crippen molar-refractivity contribution in [3.8, 4) is 0 Å². The number of alkyl carbamates (subject to hydrolysis) is 1. The predicted molar refractivity (Wildman–Crippen MR) is 113 cm³/mol. The van der Waals surface area contributed by atoms with E-state index in [0.717, 1.165) is 11.1 Å². The zero-order valence-electron chi connectivity index (χ0n) is 18.3. The summed E-state index contributed by atoms with van der Waals surface area (Å²) in [7, 11) is 1.72. The lowest BCUT2D eigenvalue weighted by molar-refractivity contribution is 0.0474. The minimum absolute atomic E-state index is 0.436. The summed E-state index contributed by atoms with van der Waals surface area (Å²) in [5.74, 6) is 0.664. The van der Waals surface area contributed by atoms with Crippen LogP contribution >= 0.6 is 0 Å². The minimum Gasteiger partial charge on any atom is -0.444 e. The highest BCUT2D eigenvalue weighted by Gasteiger charge is 2.24. The summed E-state index contributed by atoms with van der Waals surface area (Å²) in [6, 6.07) is 8.28. The second kappa shape index (κ2) is 10.9. The first-order valence-corrected chi connectivity index (χ1v) is 9.66. The van der Waals surface area contributed by atoms with Gasteiger partial charge in [-0.15, -0.1) is 0 Å². The van der Waals surface area contributed by atoms with Crippen molar-refractivity contribution in [2.75, 3.05) is 20.2 Å². The van der Waals surface area contributed by atoms with E-state index in [1.54, 1.807) is 7.05 Å². The summed E-state index contributed by atoms with van der Waals surface area (Å²) < 4.78 is 10.7. The third-order valence-electron chi connectivity index (χ3n) is 3.72. The molecule has 0 atom stereocenters. The molecular formula is C21H36N4O3. The Kier molecular flexibility index (Phi) is 9.25. The van der Waals surface area contributed by atoms with Crippen molar-refractivity contribution >= 4 is 12.1 Å². The molecule has 0 aromatic heterocycles. The Balaban J connectivity index is 2.46. The second-order valence-electron chi connectivity index (χ2n) is 8.24. The average molecular weight is 393 g/mol. The van der Waals surface area contributed by atoms with E-state index in [9.17, 15) is 4.79 Å². The number of nitrogens with zero attached hydrogens (tertiary/aromatic N) is 1. The average Bonchev–Trinajstić information content (AvgIpc) is 2.58. The number of hydrogen-bond donors (Lipinski definition) is 3. The Bertz CT molecular complexity index is 634. The van der Waals surface area contributed by atoms with E-state index in [4.69, 9.17) is 9.47 Å². The molecule has 0 spiro atoms. The maximum Gasteiger partial charge on any atom is 0.408 e. The standard InChI is InChI=1S/C21H36N4O3/c1-8-27-14-17-11-9-16(10-12-17)13-23-18(22-7)24-15-21(5,6)25-19(26)28-20(2,3)4/h9-12H,8,13-15H2,1-7H3,(H,25,26)(H2,22,23,24). The first kappa shape index (κ1) is 23.8. The van der Waals surface area contributed by atoms with Crippen LogP contribution in [0.4, 0.5) is 4.79 Å². The van der Waals surface area contributed by atoms with Gasteiger partial charge in [-0.05, 0) is 52.7 Å². The van der Waals surface area contributed by atoms with Gasteiger partial charge < -0.3 is 25.4 Å². The molecule has 1 rings (SSSR count). The Labute approximate surface area is 169 Å². The molecule has 0 saturated carbocycles. The molecule has 3 N–H and O–H groups in total. The molecule has 0 heterocycles. The molecule has 1 aromatic carbocycles. The molecule has 0 aliphatic heterocycles. The molecule has 0 aliphatic rings. The fraction of sp³-hybridized carbons (Fsp3) is 0.619. The SMILES string of the molecule is CCOCc1ccc(CNC(=NC)NCC(C)(C)NC(=O)OC(C)(C)C)cc1. The number of guanidine groups is 1. The van der Waals surface area contributed by atoms with Gasteiger partial charge in [0.05, 0.1) is 12.1 Å². The fourth-order valence-corrected chi connectivity index (χ4v) is 2.31. The lowest BCUT2D eigenvalue weighted by Gasteiger charge is -2.29. The van der Waals surface area contributed by atoms with Crippen molar-refractivity contribution in [1.29, 1.82) is 0 Å². The van der Waals surface area contributed by atoms with Crippen LogP contribution in [0.25, 0.3) is 0 Å². The molecular weight excluding hydrogens is 356 g/mol. The summed E-state index contributed by atoms with van der Waals surface area (Å²) in [4.78, 5) is 16.2. The van der Waals surface area contributed by atoms with E-state index in [2.05, 4.69) is 45.2 Å². The van der Waals surface area contributed by atoms with Crippen LogP contribution < -0.4 is 16.0 Å². The van der Waals surface area contributed by atoms with Gasteiger partial charge in [-0.1, -0.05) is 24.3 Å². The number of carbonyl (C=O) groups excluding carboxylic acids is 1. The van der Waals surface area contributed by atoms with Crippen molar-refractivity contribution in [1.82, 2.24) is 16.0 Å². The topological polar surface area (TPSA) is 84.0 Å². The summed E-state index contributed by atoms with van der Waals surface area (Å²) >= 11 is 0. The monoisotopic (exact) mass is 392 g/mol. The van der Waals surface area contributed by atoms with Crippen molar-refractivity contribution in [3.05, 3.63) is 35.4 Å². The summed E-state index contributed by atoms with van der Waals surface area (Å²) in [6.07, 6.45) is -0.436. The minimum atomic E-state index is -0.524. The Morgan fingerprint density at radius 1 is 1.04 bits per heavy atom. The summed E-state index contributed by atoms with van der Waals surface area (Å²) in [6.45, 7) is 13.8. The Morgan fingerprint density at radius 3 is 2.18 bits per heavy atom. The van der Waals surface area contributed by atoms with Crippen LogP contribution in [0, 0.1) is 0 Å². The van der Waals surface area contributed by atoms with E-state index in [0.29, 0.717) is 32.3 Å². The molecule has 0 radical (unpaired) electrons. The highest BCUT2D eigenvalue weighted by atomic mass is 16.6. The van der Waals surface area contributed by atoms with Crippen LogP contribution in [-0.2, 0) is 22.6 Å². The maximum absolute atomic E-state index is 12.0. The van der Waals surface area contributed by atoms with E-state index >= 15 is 0 Å².